The van der Waals surface area contributed by atoms with Crippen LogP contribution < -0.4 is 14.8 Å². The molecule has 1 heterocycles. The standard InChI is InChI=1S/C32H40N2O6/c1-4-40-31-17-26-19-34(11-10-24(26)16-30(31)39-3)32(38)14-23-7-5-6-22(13-23)12-21(2)33-18-29(37)25-8-9-28(36)27(15-25)20-35/h5-9,13,15-17,21,29,33,35-37H,4,10-12,14,18-20H2,1-3H3/t21-,29-/m1/s1. The first-order valence-electron chi connectivity index (χ1n) is 13.8. The number of carbonyl (C=O) groups excluding carboxylic acids is 1. The molecule has 1 amide bonds. The van der Waals surface area contributed by atoms with Crippen LogP contribution in [-0.2, 0) is 37.2 Å². The lowest BCUT2D eigenvalue weighted by Gasteiger charge is -2.30. The summed E-state index contributed by atoms with van der Waals surface area (Å²) in [5.74, 6) is 1.55. The summed E-state index contributed by atoms with van der Waals surface area (Å²) in [4.78, 5) is 15.1. The zero-order valence-electron chi connectivity index (χ0n) is 23.5. The zero-order chi connectivity index (χ0) is 28.6. The number of aliphatic hydroxyl groups is 2. The smallest absolute Gasteiger partial charge is 0.227 e. The second-order valence-corrected chi connectivity index (χ2v) is 10.3. The third-order valence-electron chi connectivity index (χ3n) is 7.36. The molecule has 40 heavy (non-hydrogen) atoms. The van der Waals surface area contributed by atoms with E-state index in [0.717, 1.165) is 35.3 Å². The molecule has 0 radical (unpaired) electrons. The van der Waals surface area contributed by atoms with E-state index in [1.165, 1.54) is 11.6 Å². The first-order chi connectivity index (χ1) is 19.3. The molecule has 8 heteroatoms. The number of carbonyl (C=O) groups is 1. The van der Waals surface area contributed by atoms with Crippen LogP contribution in [0.15, 0.2) is 54.6 Å². The molecule has 0 aromatic heterocycles. The fourth-order valence-electron chi connectivity index (χ4n) is 5.15. The molecular formula is C32H40N2O6. The molecule has 8 nitrogen and oxygen atoms in total. The van der Waals surface area contributed by atoms with Gasteiger partial charge in [-0.2, -0.15) is 0 Å². The van der Waals surface area contributed by atoms with Crippen molar-refractivity contribution in [2.75, 3.05) is 26.8 Å². The highest BCUT2D eigenvalue weighted by molar-refractivity contribution is 5.79. The summed E-state index contributed by atoms with van der Waals surface area (Å²) in [5.41, 5.74) is 5.41. The van der Waals surface area contributed by atoms with Crippen molar-refractivity contribution in [3.8, 4) is 17.2 Å². The Morgan fingerprint density at radius 3 is 2.60 bits per heavy atom. The van der Waals surface area contributed by atoms with Crippen LogP contribution in [0.5, 0.6) is 17.2 Å². The van der Waals surface area contributed by atoms with Crippen LogP contribution in [0.25, 0.3) is 0 Å². The second kappa shape index (κ2) is 13.7. The summed E-state index contributed by atoms with van der Waals surface area (Å²) in [6, 6.07) is 17.0. The van der Waals surface area contributed by atoms with Gasteiger partial charge in [-0.1, -0.05) is 30.3 Å². The van der Waals surface area contributed by atoms with E-state index in [1.807, 2.05) is 36.1 Å². The van der Waals surface area contributed by atoms with Gasteiger partial charge in [0.1, 0.15) is 5.75 Å². The monoisotopic (exact) mass is 548 g/mol. The highest BCUT2D eigenvalue weighted by Crippen LogP contribution is 2.33. The van der Waals surface area contributed by atoms with Crippen molar-refractivity contribution in [2.45, 2.75) is 58.4 Å². The van der Waals surface area contributed by atoms with Crippen LogP contribution in [0, 0.1) is 0 Å². The SMILES string of the molecule is CCOc1cc2c(cc1OC)CCN(C(=O)Cc1cccc(C[C@@H](C)NC[C@@H](O)c3ccc(O)c(CO)c3)c1)C2. The van der Waals surface area contributed by atoms with Crippen molar-refractivity contribution in [1.29, 1.82) is 0 Å². The third-order valence-corrected chi connectivity index (χ3v) is 7.36. The predicted octanol–water partition coefficient (Wildman–Crippen LogP) is 3.67. The Labute approximate surface area is 236 Å². The minimum absolute atomic E-state index is 0.0135. The van der Waals surface area contributed by atoms with Gasteiger partial charge in [0.05, 0.1) is 32.8 Å². The molecule has 0 fully saturated rings. The molecule has 1 aliphatic rings. The van der Waals surface area contributed by atoms with E-state index >= 15 is 0 Å². The van der Waals surface area contributed by atoms with E-state index in [9.17, 15) is 20.1 Å². The largest absolute Gasteiger partial charge is 0.508 e. The van der Waals surface area contributed by atoms with Gasteiger partial charge < -0.3 is 35.0 Å². The van der Waals surface area contributed by atoms with E-state index < -0.39 is 6.10 Å². The van der Waals surface area contributed by atoms with E-state index in [0.29, 0.717) is 49.5 Å². The second-order valence-electron chi connectivity index (χ2n) is 10.3. The van der Waals surface area contributed by atoms with Crippen LogP contribution >= 0.6 is 0 Å². The molecule has 0 unspecified atom stereocenters. The number of nitrogens with one attached hydrogen (secondary N) is 1. The molecule has 0 saturated heterocycles. The first-order valence-corrected chi connectivity index (χ1v) is 13.8. The normalized spacial score (nSPS) is 14.4. The number of methoxy groups -OCH3 is 1. The summed E-state index contributed by atoms with van der Waals surface area (Å²) in [6.07, 6.45) is 1.10. The van der Waals surface area contributed by atoms with Gasteiger partial charge in [-0.15, -0.1) is 0 Å². The number of fused-ring (bicyclic) bond motifs is 1. The number of aromatic hydroxyl groups is 1. The zero-order valence-corrected chi connectivity index (χ0v) is 23.5. The molecule has 0 saturated carbocycles. The summed E-state index contributed by atoms with van der Waals surface area (Å²) in [7, 11) is 1.64. The van der Waals surface area contributed by atoms with E-state index in [-0.39, 0.29) is 24.3 Å². The Kier molecular flexibility index (Phi) is 10.0. The van der Waals surface area contributed by atoms with Crippen LogP contribution in [0.1, 0.15) is 53.3 Å². The highest BCUT2D eigenvalue weighted by Gasteiger charge is 2.23. The molecule has 0 bridgehead atoms. The number of hydrogen-bond donors (Lipinski definition) is 4. The quantitative estimate of drug-likeness (QED) is 0.273. The number of hydrogen-bond acceptors (Lipinski definition) is 7. The number of aliphatic hydroxyl groups excluding tert-OH is 2. The fourth-order valence-corrected chi connectivity index (χ4v) is 5.15. The van der Waals surface area contributed by atoms with Gasteiger partial charge in [-0.05, 0) is 78.8 Å². The third kappa shape index (κ3) is 7.33. The van der Waals surface area contributed by atoms with Gasteiger partial charge in [-0.25, -0.2) is 0 Å². The van der Waals surface area contributed by atoms with Crippen molar-refractivity contribution in [3.63, 3.8) is 0 Å². The minimum atomic E-state index is -0.766. The van der Waals surface area contributed by atoms with Gasteiger partial charge in [0, 0.05) is 31.2 Å². The summed E-state index contributed by atoms with van der Waals surface area (Å²) in [5, 5.41) is 33.0. The Hall–Kier alpha value is -3.59. The molecule has 3 aromatic carbocycles. The van der Waals surface area contributed by atoms with E-state index in [2.05, 4.69) is 24.4 Å². The van der Waals surface area contributed by atoms with Crippen molar-refractivity contribution >= 4 is 5.91 Å². The van der Waals surface area contributed by atoms with Crippen LogP contribution in [0.3, 0.4) is 0 Å². The average Bonchev–Trinajstić information content (AvgIpc) is 2.95. The molecule has 0 spiro atoms. The van der Waals surface area contributed by atoms with Gasteiger partial charge in [0.2, 0.25) is 5.91 Å². The van der Waals surface area contributed by atoms with Gasteiger partial charge in [0.15, 0.2) is 11.5 Å². The van der Waals surface area contributed by atoms with Gasteiger partial charge in [-0.3, -0.25) is 4.79 Å². The Balaban J connectivity index is 1.31. The van der Waals surface area contributed by atoms with E-state index in [4.69, 9.17) is 9.47 Å². The molecule has 4 rings (SSSR count). The number of rotatable bonds is 12. The number of benzene rings is 3. The molecule has 4 N–H and O–H groups in total. The molecular weight excluding hydrogens is 508 g/mol. The molecule has 214 valence electrons. The predicted molar refractivity (Wildman–Crippen MR) is 154 cm³/mol. The van der Waals surface area contributed by atoms with Crippen molar-refractivity contribution in [3.05, 3.63) is 88.0 Å². The van der Waals surface area contributed by atoms with Crippen LogP contribution in [0.2, 0.25) is 0 Å². The molecule has 3 aromatic rings. The van der Waals surface area contributed by atoms with Gasteiger partial charge in [0.25, 0.3) is 0 Å². The van der Waals surface area contributed by atoms with Crippen molar-refractivity contribution in [1.82, 2.24) is 10.2 Å². The summed E-state index contributed by atoms with van der Waals surface area (Å²) in [6.45, 7) is 5.82. The number of nitrogens with zero attached hydrogens (tertiary/aromatic N) is 1. The number of phenols is 1. The number of ether oxygens (including phenoxy) is 2. The molecule has 2 atom stereocenters. The Morgan fingerprint density at radius 1 is 1.07 bits per heavy atom. The molecule has 0 aliphatic carbocycles. The van der Waals surface area contributed by atoms with E-state index in [1.54, 1.807) is 19.2 Å². The number of amides is 1. The lowest BCUT2D eigenvalue weighted by atomic mass is 9.97. The van der Waals surface area contributed by atoms with Crippen molar-refractivity contribution < 1.29 is 29.6 Å². The Bertz CT molecular complexity index is 1310. The average molecular weight is 549 g/mol. The lowest BCUT2D eigenvalue weighted by Crippen LogP contribution is -2.37. The highest BCUT2D eigenvalue weighted by atomic mass is 16.5. The minimum Gasteiger partial charge on any atom is -0.508 e. The van der Waals surface area contributed by atoms with Crippen LogP contribution in [0.4, 0.5) is 0 Å². The topological polar surface area (TPSA) is 111 Å². The summed E-state index contributed by atoms with van der Waals surface area (Å²) < 4.78 is 11.2. The summed E-state index contributed by atoms with van der Waals surface area (Å²) >= 11 is 0. The maximum Gasteiger partial charge on any atom is 0.227 e. The van der Waals surface area contributed by atoms with Crippen molar-refractivity contribution in [2.24, 2.45) is 0 Å². The lowest BCUT2D eigenvalue weighted by molar-refractivity contribution is -0.131. The maximum absolute atomic E-state index is 13.2. The maximum atomic E-state index is 13.2. The van der Waals surface area contributed by atoms with Gasteiger partial charge >= 0.3 is 0 Å². The fraction of sp³-hybridized carbons (Fsp3) is 0.406. The van der Waals surface area contributed by atoms with Crippen LogP contribution in [-0.4, -0.2) is 59.0 Å². The molecule has 1 aliphatic heterocycles. The first kappa shape index (κ1) is 29.4. The Morgan fingerprint density at radius 2 is 1.85 bits per heavy atom.